The number of nitrogens with zero attached hydrogens (tertiary/aromatic N) is 5. The molecule has 1 aliphatic heterocycles. The number of benzene rings is 1. The van der Waals surface area contributed by atoms with Gasteiger partial charge in [-0.25, -0.2) is 0 Å². The van der Waals surface area contributed by atoms with Gasteiger partial charge in [0.2, 0.25) is 5.95 Å². The van der Waals surface area contributed by atoms with Gasteiger partial charge in [-0.05, 0) is 32.0 Å². The molecule has 1 N–H and O–H groups in total. The maximum absolute atomic E-state index is 10.8. The number of hydrogen-bond donors (Lipinski definition) is 1. The van der Waals surface area contributed by atoms with Crippen molar-refractivity contribution >= 4 is 11.6 Å². The van der Waals surface area contributed by atoms with Gasteiger partial charge in [0.05, 0.1) is 11.0 Å². The van der Waals surface area contributed by atoms with Gasteiger partial charge in [0.15, 0.2) is 0 Å². The van der Waals surface area contributed by atoms with E-state index in [1.807, 2.05) is 19.0 Å². The van der Waals surface area contributed by atoms with Crippen LogP contribution in [0.25, 0.3) is 0 Å². The number of likely N-dealkylation sites (tertiary alicyclic amines) is 1. The second-order valence-electron chi connectivity index (χ2n) is 6.63. The van der Waals surface area contributed by atoms with Crippen LogP contribution in [-0.4, -0.2) is 65.3 Å². The zero-order chi connectivity index (χ0) is 18.5. The van der Waals surface area contributed by atoms with Crippen molar-refractivity contribution in [1.29, 1.82) is 0 Å². The number of anilines is 1. The molecule has 1 saturated heterocycles. The molecule has 1 fully saturated rings. The number of aromatic nitrogens is 3. The van der Waals surface area contributed by atoms with E-state index in [1.54, 1.807) is 12.1 Å². The normalized spacial score (nSPS) is 15.8. The van der Waals surface area contributed by atoms with Gasteiger partial charge in [-0.3, -0.25) is 20.1 Å². The minimum atomic E-state index is -0.414. The molecule has 0 aliphatic carbocycles. The summed E-state index contributed by atoms with van der Waals surface area (Å²) in [5, 5.41) is 18.1. The number of nitro benzene ring substituents is 1. The van der Waals surface area contributed by atoms with Crippen LogP contribution in [0, 0.1) is 10.1 Å². The zero-order valence-corrected chi connectivity index (χ0v) is 15.1. The van der Waals surface area contributed by atoms with Crippen molar-refractivity contribution in [2.75, 3.05) is 45.2 Å². The number of nitro groups is 1. The molecular formula is C17H24N6O3. The number of non-ortho nitro benzene ring substituents is 1. The van der Waals surface area contributed by atoms with Gasteiger partial charge in [-0.2, -0.15) is 4.98 Å². The first-order valence-corrected chi connectivity index (χ1v) is 8.72. The van der Waals surface area contributed by atoms with Crippen LogP contribution in [0.1, 0.15) is 24.6 Å². The maximum atomic E-state index is 10.8. The van der Waals surface area contributed by atoms with Crippen LogP contribution >= 0.6 is 0 Å². The molecule has 0 saturated carbocycles. The first-order valence-electron chi connectivity index (χ1n) is 8.72. The Morgan fingerprint density at radius 2 is 2.15 bits per heavy atom. The first kappa shape index (κ1) is 18.1. The van der Waals surface area contributed by atoms with Crippen molar-refractivity contribution in [3.05, 3.63) is 40.2 Å². The van der Waals surface area contributed by atoms with E-state index in [9.17, 15) is 10.1 Å². The third kappa shape index (κ3) is 4.48. The van der Waals surface area contributed by atoms with Crippen LogP contribution in [-0.2, 0) is 0 Å². The summed E-state index contributed by atoms with van der Waals surface area (Å²) in [6, 6.07) is 6.30. The topological polar surface area (TPSA) is 100 Å². The Morgan fingerprint density at radius 1 is 1.38 bits per heavy atom. The lowest BCUT2D eigenvalue weighted by atomic mass is 9.96. The molecule has 0 amide bonds. The van der Waals surface area contributed by atoms with Crippen LogP contribution in [0.2, 0.25) is 0 Å². The average Bonchev–Trinajstić information content (AvgIpc) is 3.13. The van der Waals surface area contributed by atoms with Crippen molar-refractivity contribution < 1.29 is 9.66 Å². The molecule has 0 radical (unpaired) electrons. The standard InChI is InChI=1S/C17H24N6O3/c1-21(2)17-18-16(19-20-17)13-6-8-22(9-7-13)10-11-26-15-5-3-4-14(12-15)23(24)25/h3-5,12-13H,6-11H2,1-2H3,(H,18,19,20). The molecule has 2 aromatic rings. The fourth-order valence-electron chi connectivity index (χ4n) is 3.06. The molecule has 140 valence electrons. The van der Waals surface area contributed by atoms with Crippen LogP contribution in [0.3, 0.4) is 0 Å². The van der Waals surface area contributed by atoms with Crippen molar-refractivity contribution in [2.45, 2.75) is 18.8 Å². The monoisotopic (exact) mass is 360 g/mol. The molecule has 2 heterocycles. The summed E-state index contributed by atoms with van der Waals surface area (Å²) in [7, 11) is 3.85. The second-order valence-corrected chi connectivity index (χ2v) is 6.63. The minimum absolute atomic E-state index is 0.0486. The number of H-pyrrole nitrogens is 1. The SMILES string of the molecule is CN(C)c1n[nH]c(C2CCN(CCOc3cccc([N+](=O)[O-])c3)CC2)n1. The molecule has 9 heteroatoms. The Balaban J connectivity index is 1.43. The number of hydrogen-bond acceptors (Lipinski definition) is 7. The van der Waals surface area contributed by atoms with Gasteiger partial charge in [-0.15, -0.1) is 5.10 Å². The van der Waals surface area contributed by atoms with Crippen molar-refractivity contribution in [2.24, 2.45) is 0 Å². The van der Waals surface area contributed by atoms with Gasteiger partial charge in [0.25, 0.3) is 5.69 Å². The number of nitrogens with one attached hydrogen (secondary N) is 1. The van der Waals surface area contributed by atoms with E-state index in [0.717, 1.165) is 38.3 Å². The van der Waals surface area contributed by atoms with E-state index in [-0.39, 0.29) is 5.69 Å². The molecular weight excluding hydrogens is 336 g/mol. The first-order chi connectivity index (χ1) is 12.5. The maximum Gasteiger partial charge on any atom is 0.273 e. The molecule has 1 aromatic carbocycles. The quantitative estimate of drug-likeness (QED) is 0.595. The van der Waals surface area contributed by atoms with E-state index in [2.05, 4.69) is 20.1 Å². The van der Waals surface area contributed by atoms with Crippen LogP contribution in [0.15, 0.2) is 24.3 Å². The Bertz CT molecular complexity index is 740. The molecule has 0 unspecified atom stereocenters. The van der Waals surface area contributed by atoms with E-state index in [4.69, 9.17) is 4.74 Å². The highest BCUT2D eigenvalue weighted by atomic mass is 16.6. The molecule has 0 spiro atoms. The number of piperidine rings is 1. The highest BCUT2D eigenvalue weighted by Crippen LogP contribution is 2.26. The smallest absolute Gasteiger partial charge is 0.273 e. The Hall–Kier alpha value is -2.68. The summed E-state index contributed by atoms with van der Waals surface area (Å²) in [6.07, 6.45) is 2.05. The van der Waals surface area contributed by atoms with E-state index in [1.165, 1.54) is 12.1 Å². The zero-order valence-electron chi connectivity index (χ0n) is 15.1. The van der Waals surface area contributed by atoms with Crippen molar-refractivity contribution in [1.82, 2.24) is 20.1 Å². The lowest BCUT2D eigenvalue weighted by Gasteiger charge is -2.30. The van der Waals surface area contributed by atoms with Gasteiger partial charge >= 0.3 is 0 Å². The molecule has 3 rings (SSSR count). The molecule has 26 heavy (non-hydrogen) atoms. The fraction of sp³-hybridized carbons (Fsp3) is 0.529. The summed E-state index contributed by atoms with van der Waals surface area (Å²) < 4.78 is 5.66. The predicted molar refractivity (Wildman–Crippen MR) is 97.7 cm³/mol. The summed E-state index contributed by atoms with van der Waals surface area (Å²) in [4.78, 5) is 19.2. The van der Waals surface area contributed by atoms with Crippen LogP contribution in [0.4, 0.5) is 11.6 Å². The average molecular weight is 360 g/mol. The van der Waals surface area contributed by atoms with Gasteiger partial charge in [0, 0.05) is 32.6 Å². The largest absolute Gasteiger partial charge is 0.492 e. The van der Waals surface area contributed by atoms with Crippen molar-refractivity contribution in [3.63, 3.8) is 0 Å². The lowest BCUT2D eigenvalue weighted by molar-refractivity contribution is -0.384. The lowest BCUT2D eigenvalue weighted by Crippen LogP contribution is -2.36. The third-order valence-corrected chi connectivity index (χ3v) is 4.57. The van der Waals surface area contributed by atoms with Gasteiger partial charge < -0.3 is 9.64 Å². The Kier molecular flexibility index (Phi) is 5.67. The highest BCUT2D eigenvalue weighted by molar-refractivity contribution is 5.37. The molecule has 1 aliphatic rings. The summed E-state index contributed by atoms with van der Waals surface area (Å²) in [5.74, 6) is 2.62. The Labute approximate surface area is 152 Å². The third-order valence-electron chi connectivity index (χ3n) is 4.57. The van der Waals surface area contributed by atoms with Crippen LogP contribution in [0.5, 0.6) is 5.75 Å². The van der Waals surface area contributed by atoms with E-state index in [0.29, 0.717) is 24.2 Å². The molecule has 9 nitrogen and oxygen atoms in total. The summed E-state index contributed by atoms with van der Waals surface area (Å²) >= 11 is 0. The second kappa shape index (κ2) is 8.13. The number of ether oxygens (including phenoxy) is 1. The van der Waals surface area contributed by atoms with E-state index < -0.39 is 4.92 Å². The van der Waals surface area contributed by atoms with Gasteiger partial charge in [0.1, 0.15) is 18.2 Å². The van der Waals surface area contributed by atoms with Gasteiger partial charge in [-0.1, -0.05) is 6.07 Å². The minimum Gasteiger partial charge on any atom is -0.492 e. The number of rotatable bonds is 7. The molecule has 0 atom stereocenters. The highest BCUT2D eigenvalue weighted by Gasteiger charge is 2.23. The fourth-order valence-corrected chi connectivity index (χ4v) is 3.06. The molecule has 1 aromatic heterocycles. The summed E-state index contributed by atoms with van der Waals surface area (Å²) in [6.45, 7) is 3.26. The van der Waals surface area contributed by atoms with Crippen molar-refractivity contribution in [3.8, 4) is 5.75 Å². The summed E-state index contributed by atoms with van der Waals surface area (Å²) in [5.41, 5.74) is 0.0486. The Morgan fingerprint density at radius 3 is 2.81 bits per heavy atom. The predicted octanol–water partition coefficient (Wildman–Crippen LogP) is 2.04. The van der Waals surface area contributed by atoms with Crippen LogP contribution < -0.4 is 9.64 Å². The van der Waals surface area contributed by atoms with E-state index >= 15 is 0 Å². The molecule has 0 bridgehead atoms. The number of aromatic amines is 1.